The van der Waals surface area contributed by atoms with Crippen molar-refractivity contribution in [1.29, 1.82) is 0 Å². The number of anilines is 1. The van der Waals surface area contributed by atoms with Crippen LogP contribution in [-0.4, -0.2) is 36.3 Å². The summed E-state index contributed by atoms with van der Waals surface area (Å²) in [7, 11) is 0. The number of nitrogens with zero attached hydrogens (tertiary/aromatic N) is 3. The molecule has 0 amide bonds. The first-order valence-corrected chi connectivity index (χ1v) is 5.65. The summed E-state index contributed by atoms with van der Waals surface area (Å²) in [5, 5.41) is 0. The summed E-state index contributed by atoms with van der Waals surface area (Å²) in [5.74, 6) is 0.730. The fourth-order valence-electron chi connectivity index (χ4n) is 1.46. The third-order valence-corrected chi connectivity index (χ3v) is 2.65. The van der Waals surface area contributed by atoms with Crippen molar-refractivity contribution in [3.63, 3.8) is 0 Å². The van der Waals surface area contributed by atoms with Crippen LogP contribution in [0.25, 0.3) is 0 Å². The van der Waals surface area contributed by atoms with Crippen LogP contribution in [0.3, 0.4) is 0 Å². The number of hydrogen-bond donors (Lipinski definition) is 1. The number of aromatic nitrogens is 2. The Balaban J connectivity index is 2.22. The maximum Gasteiger partial charge on any atom is 0.226 e. The Labute approximate surface area is 96.8 Å². The van der Waals surface area contributed by atoms with E-state index in [1.165, 1.54) is 0 Å². The Kier molecular flexibility index (Phi) is 3.50. The Bertz CT molecular complexity index is 341. The molecule has 0 unspecified atom stereocenters. The number of morpholine rings is 1. The van der Waals surface area contributed by atoms with Crippen LogP contribution in [0.15, 0.2) is 10.7 Å². The first-order chi connectivity index (χ1) is 7.29. The lowest BCUT2D eigenvalue weighted by Gasteiger charge is -2.27. The number of rotatable bonds is 2. The monoisotopic (exact) mass is 272 g/mol. The van der Waals surface area contributed by atoms with Crippen molar-refractivity contribution in [3.8, 4) is 0 Å². The fourth-order valence-corrected chi connectivity index (χ4v) is 1.88. The average molecular weight is 273 g/mol. The SMILES string of the molecule is NCc1cc(Br)nc(N2CCOCC2)n1. The molecule has 0 saturated carbocycles. The molecule has 2 heterocycles. The third kappa shape index (κ3) is 2.64. The van der Waals surface area contributed by atoms with E-state index in [1.54, 1.807) is 0 Å². The summed E-state index contributed by atoms with van der Waals surface area (Å²) >= 11 is 3.36. The summed E-state index contributed by atoms with van der Waals surface area (Å²) in [6.07, 6.45) is 0. The molecule has 1 aromatic rings. The number of ether oxygens (including phenoxy) is 1. The molecule has 0 radical (unpaired) electrons. The highest BCUT2D eigenvalue weighted by molar-refractivity contribution is 9.10. The molecule has 5 nitrogen and oxygen atoms in total. The Morgan fingerprint density at radius 2 is 2.13 bits per heavy atom. The molecule has 2 N–H and O–H groups in total. The minimum absolute atomic E-state index is 0.429. The zero-order valence-electron chi connectivity index (χ0n) is 8.32. The van der Waals surface area contributed by atoms with Crippen molar-refractivity contribution < 1.29 is 4.74 Å². The van der Waals surface area contributed by atoms with Gasteiger partial charge in [-0.25, -0.2) is 9.97 Å². The highest BCUT2D eigenvalue weighted by atomic mass is 79.9. The molecule has 2 rings (SSSR count). The van der Waals surface area contributed by atoms with Gasteiger partial charge < -0.3 is 15.4 Å². The predicted octanol–water partition coefficient (Wildman–Crippen LogP) is 0.534. The minimum atomic E-state index is 0.429. The molecule has 0 aliphatic carbocycles. The minimum Gasteiger partial charge on any atom is -0.378 e. The first-order valence-electron chi connectivity index (χ1n) is 4.86. The van der Waals surface area contributed by atoms with Gasteiger partial charge in [0.05, 0.1) is 18.9 Å². The van der Waals surface area contributed by atoms with E-state index in [0.29, 0.717) is 6.54 Å². The molecule has 1 fully saturated rings. The van der Waals surface area contributed by atoms with Crippen molar-refractivity contribution in [2.45, 2.75) is 6.54 Å². The first kappa shape index (κ1) is 10.8. The van der Waals surface area contributed by atoms with E-state index >= 15 is 0 Å². The van der Waals surface area contributed by atoms with Gasteiger partial charge in [-0.3, -0.25) is 0 Å². The maximum absolute atomic E-state index is 5.56. The van der Waals surface area contributed by atoms with Crippen LogP contribution >= 0.6 is 15.9 Å². The van der Waals surface area contributed by atoms with Crippen molar-refractivity contribution in [2.24, 2.45) is 5.73 Å². The lowest BCUT2D eigenvalue weighted by molar-refractivity contribution is 0.122. The summed E-state index contributed by atoms with van der Waals surface area (Å²) in [6.45, 7) is 3.56. The van der Waals surface area contributed by atoms with Gasteiger partial charge >= 0.3 is 0 Å². The Hall–Kier alpha value is -0.720. The summed E-state index contributed by atoms with van der Waals surface area (Å²) in [5.41, 5.74) is 6.41. The average Bonchev–Trinajstić information content (AvgIpc) is 2.29. The zero-order valence-corrected chi connectivity index (χ0v) is 9.90. The second-order valence-electron chi connectivity index (χ2n) is 3.29. The molecule has 1 aliphatic rings. The van der Waals surface area contributed by atoms with Gasteiger partial charge in [-0.15, -0.1) is 0 Å². The van der Waals surface area contributed by atoms with E-state index in [9.17, 15) is 0 Å². The normalized spacial score (nSPS) is 16.8. The van der Waals surface area contributed by atoms with Crippen LogP contribution in [0, 0.1) is 0 Å². The molecule has 1 aliphatic heterocycles. The second-order valence-corrected chi connectivity index (χ2v) is 4.10. The molecule has 82 valence electrons. The molecule has 1 aromatic heterocycles. The van der Waals surface area contributed by atoms with E-state index in [1.807, 2.05) is 6.07 Å². The van der Waals surface area contributed by atoms with Gasteiger partial charge in [0, 0.05) is 19.6 Å². The van der Waals surface area contributed by atoms with Crippen LogP contribution < -0.4 is 10.6 Å². The quantitative estimate of drug-likeness (QED) is 0.796. The van der Waals surface area contributed by atoms with E-state index in [-0.39, 0.29) is 0 Å². The highest BCUT2D eigenvalue weighted by Gasteiger charge is 2.14. The van der Waals surface area contributed by atoms with Crippen LogP contribution in [0.2, 0.25) is 0 Å². The lowest BCUT2D eigenvalue weighted by atomic mass is 10.4. The van der Waals surface area contributed by atoms with E-state index in [0.717, 1.165) is 42.5 Å². The third-order valence-electron chi connectivity index (χ3n) is 2.24. The van der Waals surface area contributed by atoms with Crippen molar-refractivity contribution >= 4 is 21.9 Å². The summed E-state index contributed by atoms with van der Waals surface area (Å²) in [4.78, 5) is 10.8. The van der Waals surface area contributed by atoms with E-state index in [2.05, 4.69) is 30.8 Å². The van der Waals surface area contributed by atoms with Gasteiger partial charge in [-0.2, -0.15) is 0 Å². The molecule has 1 saturated heterocycles. The van der Waals surface area contributed by atoms with Gasteiger partial charge in [-0.05, 0) is 22.0 Å². The second kappa shape index (κ2) is 4.87. The van der Waals surface area contributed by atoms with Gasteiger partial charge in [0.2, 0.25) is 5.95 Å². The lowest BCUT2D eigenvalue weighted by Crippen LogP contribution is -2.37. The Morgan fingerprint density at radius 1 is 1.40 bits per heavy atom. The molecular weight excluding hydrogens is 260 g/mol. The smallest absolute Gasteiger partial charge is 0.226 e. The molecule has 15 heavy (non-hydrogen) atoms. The van der Waals surface area contributed by atoms with Gasteiger partial charge in [-0.1, -0.05) is 0 Å². The summed E-state index contributed by atoms with van der Waals surface area (Å²) in [6, 6.07) is 1.84. The van der Waals surface area contributed by atoms with Crippen LogP contribution in [-0.2, 0) is 11.3 Å². The van der Waals surface area contributed by atoms with Gasteiger partial charge in [0.15, 0.2) is 0 Å². The number of halogens is 1. The predicted molar refractivity (Wildman–Crippen MR) is 60.7 cm³/mol. The molecule has 0 atom stereocenters. The molecule has 0 bridgehead atoms. The zero-order chi connectivity index (χ0) is 10.7. The number of nitrogens with two attached hydrogens (primary N) is 1. The topological polar surface area (TPSA) is 64.3 Å². The number of hydrogen-bond acceptors (Lipinski definition) is 5. The molecule has 6 heteroatoms. The highest BCUT2D eigenvalue weighted by Crippen LogP contribution is 2.15. The van der Waals surface area contributed by atoms with Crippen molar-refractivity contribution in [1.82, 2.24) is 9.97 Å². The van der Waals surface area contributed by atoms with Crippen LogP contribution in [0.5, 0.6) is 0 Å². The van der Waals surface area contributed by atoms with E-state index < -0.39 is 0 Å². The Morgan fingerprint density at radius 3 is 2.80 bits per heavy atom. The fraction of sp³-hybridized carbons (Fsp3) is 0.556. The largest absolute Gasteiger partial charge is 0.378 e. The summed E-state index contributed by atoms with van der Waals surface area (Å²) < 4.78 is 6.05. The molecular formula is C9H13BrN4O. The maximum atomic E-state index is 5.56. The van der Waals surface area contributed by atoms with Crippen LogP contribution in [0.4, 0.5) is 5.95 Å². The van der Waals surface area contributed by atoms with Crippen LogP contribution in [0.1, 0.15) is 5.69 Å². The van der Waals surface area contributed by atoms with Crippen molar-refractivity contribution in [2.75, 3.05) is 31.2 Å². The molecule has 0 aromatic carbocycles. The van der Waals surface area contributed by atoms with Gasteiger partial charge in [0.25, 0.3) is 0 Å². The molecule has 0 spiro atoms. The van der Waals surface area contributed by atoms with Gasteiger partial charge in [0.1, 0.15) is 4.60 Å². The standard InChI is InChI=1S/C9H13BrN4O/c10-8-5-7(6-11)12-9(13-8)14-1-3-15-4-2-14/h5H,1-4,6,11H2. The van der Waals surface area contributed by atoms with E-state index in [4.69, 9.17) is 10.5 Å². The van der Waals surface area contributed by atoms with Crippen molar-refractivity contribution in [3.05, 3.63) is 16.4 Å².